The number of nitrogens with zero attached hydrogens (tertiary/aromatic N) is 1. The van der Waals surface area contributed by atoms with Gasteiger partial charge in [0.15, 0.2) is 0 Å². The minimum Gasteiger partial charge on any atom is -0.309 e. The van der Waals surface area contributed by atoms with Crippen LogP contribution in [0.3, 0.4) is 0 Å². The lowest BCUT2D eigenvalue weighted by molar-refractivity contribution is 0.198. The lowest BCUT2D eigenvalue weighted by atomic mass is 9.85. The van der Waals surface area contributed by atoms with Crippen LogP contribution in [0.25, 0.3) is 0 Å². The Morgan fingerprint density at radius 3 is 2.00 bits per heavy atom. The molecule has 1 rings (SSSR count). The van der Waals surface area contributed by atoms with Crippen LogP contribution < -0.4 is 4.72 Å². The van der Waals surface area contributed by atoms with Gasteiger partial charge in [-0.1, -0.05) is 31.5 Å². The van der Waals surface area contributed by atoms with Crippen LogP contribution in [0.2, 0.25) is 0 Å². The Morgan fingerprint density at radius 2 is 1.59 bits per heavy atom. The van der Waals surface area contributed by atoms with Crippen molar-refractivity contribution in [3.63, 3.8) is 0 Å². The molecule has 1 aromatic rings. The van der Waals surface area contributed by atoms with Crippen molar-refractivity contribution in [2.45, 2.75) is 52.5 Å². The molecule has 0 aliphatic heterocycles. The van der Waals surface area contributed by atoms with Crippen molar-refractivity contribution in [1.82, 2.24) is 9.62 Å². The Bertz CT molecular complexity index is 611. The van der Waals surface area contributed by atoms with Crippen LogP contribution in [-0.4, -0.2) is 40.0 Å². The minimum atomic E-state index is -3.53. The third kappa shape index (κ3) is 4.54. The maximum absolute atomic E-state index is 12.8. The van der Waals surface area contributed by atoms with Gasteiger partial charge in [-0.25, -0.2) is 13.1 Å². The van der Waals surface area contributed by atoms with Gasteiger partial charge in [-0.2, -0.15) is 0 Å². The van der Waals surface area contributed by atoms with Gasteiger partial charge in [0.1, 0.15) is 0 Å². The summed E-state index contributed by atoms with van der Waals surface area (Å²) in [5.74, 6) is 0. The van der Waals surface area contributed by atoms with Crippen molar-refractivity contribution >= 4 is 10.0 Å². The van der Waals surface area contributed by atoms with Gasteiger partial charge in [0.2, 0.25) is 10.0 Å². The number of sulfonamides is 1. The number of nitrogens with one attached hydrogen (secondary N) is 1. The van der Waals surface area contributed by atoms with Gasteiger partial charge in [0.25, 0.3) is 0 Å². The summed E-state index contributed by atoms with van der Waals surface area (Å²) in [5, 5.41) is 0. The van der Waals surface area contributed by atoms with E-state index in [2.05, 4.69) is 23.5 Å². The molecular formula is C17H30N2O2S. The van der Waals surface area contributed by atoms with Gasteiger partial charge < -0.3 is 4.90 Å². The molecule has 22 heavy (non-hydrogen) atoms. The number of hydrogen-bond donors (Lipinski definition) is 1. The van der Waals surface area contributed by atoms with Gasteiger partial charge in [-0.05, 0) is 58.3 Å². The number of benzene rings is 1. The van der Waals surface area contributed by atoms with Crippen LogP contribution >= 0.6 is 0 Å². The van der Waals surface area contributed by atoms with Crippen molar-refractivity contribution in [3.05, 3.63) is 28.8 Å². The van der Waals surface area contributed by atoms with Gasteiger partial charge in [0, 0.05) is 12.6 Å². The third-order valence-corrected chi connectivity index (χ3v) is 5.95. The first-order valence-electron chi connectivity index (χ1n) is 7.62. The molecule has 4 nitrogen and oxygen atoms in total. The fourth-order valence-corrected chi connectivity index (χ4v) is 4.86. The lowest BCUT2D eigenvalue weighted by Gasteiger charge is -2.34. The summed E-state index contributed by atoms with van der Waals surface area (Å²) in [6.07, 6.45) is 0. The lowest BCUT2D eigenvalue weighted by Crippen LogP contribution is -2.47. The third-order valence-electron chi connectivity index (χ3n) is 4.10. The molecule has 0 heterocycles. The zero-order chi connectivity index (χ0) is 17.3. The fraction of sp³-hybridized carbons (Fsp3) is 0.647. The second kappa shape index (κ2) is 6.69. The van der Waals surface area contributed by atoms with Gasteiger partial charge in [-0.3, -0.25) is 0 Å². The van der Waals surface area contributed by atoms with Crippen LogP contribution in [0.4, 0.5) is 0 Å². The average Bonchev–Trinajstić information content (AvgIpc) is 2.23. The Morgan fingerprint density at radius 1 is 1.14 bits per heavy atom. The summed E-state index contributed by atoms with van der Waals surface area (Å²) in [6.45, 7) is 12.6. The fourth-order valence-electron chi connectivity index (χ4n) is 2.99. The molecule has 0 unspecified atom stereocenters. The van der Waals surface area contributed by atoms with Crippen molar-refractivity contribution in [2.75, 3.05) is 20.6 Å². The Labute approximate surface area is 136 Å². The molecule has 1 aromatic carbocycles. The quantitative estimate of drug-likeness (QED) is 0.874. The standard InChI is InChI=1S/C17H30N2O2S/c1-12-9-13(2)16(14(3)10-12)22(20,21)18-15(4)17(5,6)11-19(7)8/h9-10,15,18H,11H2,1-8H3/t15-/m1/s1. The topological polar surface area (TPSA) is 49.4 Å². The predicted octanol–water partition coefficient (Wildman–Crippen LogP) is 2.87. The maximum Gasteiger partial charge on any atom is 0.241 e. The van der Waals surface area contributed by atoms with E-state index in [0.29, 0.717) is 4.90 Å². The summed E-state index contributed by atoms with van der Waals surface area (Å²) in [7, 11) is 0.469. The van der Waals surface area contributed by atoms with E-state index in [9.17, 15) is 8.42 Å². The molecular weight excluding hydrogens is 296 g/mol. The summed E-state index contributed by atoms with van der Waals surface area (Å²) in [5.41, 5.74) is 2.50. The molecule has 0 aromatic heterocycles. The van der Waals surface area contributed by atoms with E-state index in [1.54, 1.807) is 0 Å². The highest BCUT2D eigenvalue weighted by molar-refractivity contribution is 7.89. The van der Waals surface area contributed by atoms with E-state index >= 15 is 0 Å². The highest BCUT2D eigenvalue weighted by Gasteiger charge is 2.31. The van der Waals surface area contributed by atoms with Gasteiger partial charge in [0.05, 0.1) is 4.90 Å². The van der Waals surface area contributed by atoms with Gasteiger partial charge >= 0.3 is 0 Å². The summed E-state index contributed by atoms with van der Waals surface area (Å²) < 4.78 is 28.5. The molecule has 1 atom stereocenters. The molecule has 126 valence electrons. The molecule has 0 aliphatic carbocycles. The molecule has 0 spiro atoms. The second-order valence-corrected chi connectivity index (χ2v) is 8.95. The highest BCUT2D eigenvalue weighted by Crippen LogP contribution is 2.26. The summed E-state index contributed by atoms with van der Waals surface area (Å²) >= 11 is 0. The van der Waals surface area contributed by atoms with E-state index in [0.717, 1.165) is 23.2 Å². The minimum absolute atomic E-state index is 0.164. The smallest absolute Gasteiger partial charge is 0.241 e. The van der Waals surface area contributed by atoms with Crippen molar-refractivity contribution < 1.29 is 8.42 Å². The van der Waals surface area contributed by atoms with Crippen molar-refractivity contribution in [3.8, 4) is 0 Å². The van der Waals surface area contributed by atoms with Gasteiger partial charge in [-0.15, -0.1) is 0 Å². The van der Waals surface area contributed by atoms with Crippen LogP contribution in [0.1, 0.15) is 37.5 Å². The van der Waals surface area contributed by atoms with Crippen LogP contribution in [0.15, 0.2) is 17.0 Å². The van der Waals surface area contributed by atoms with E-state index in [1.807, 2.05) is 53.9 Å². The molecule has 0 saturated carbocycles. The molecule has 1 N–H and O–H groups in total. The van der Waals surface area contributed by atoms with Crippen LogP contribution in [0, 0.1) is 26.2 Å². The number of hydrogen-bond acceptors (Lipinski definition) is 3. The largest absolute Gasteiger partial charge is 0.309 e. The molecule has 0 radical (unpaired) electrons. The predicted molar refractivity (Wildman–Crippen MR) is 92.8 cm³/mol. The average molecular weight is 327 g/mol. The number of rotatable bonds is 6. The monoisotopic (exact) mass is 326 g/mol. The SMILES string of the molecule is Cc1cc(C)c(S(=O)(=O)N[C@H](C)C(C)(C)CN(C)C)c(C)c1. The second-order valence-electron chi connectivity index (χ2n) is 7.30. The molecule has 5 heteroatoms. The molecule has 0 saturated heterocycles. The Kier molecular flexibility index (Phi) is 5.82. The molecule has 0 bridgehead atoms. The Hall–Kier alpha value is -0.910. The van der Waals surface area contributed by atoms with E-state index in [-0.39, 0.29) is 11.5 Å². The summed E-state index contributed by atoms with van der Waals surface area (Å²) in [4.78, 5) is 2.48. The first-order chi connectivity index (χ1) is 9.86. The Balaban J connectivity index is 3.12. The first kappa shape index (κ1) is 19.1. The first-order valence-corrected chi connectivity index (χ1v) is 9.10. The number of aryl methyl sites for hydroxylation is 3. The normalized spacial score (nSPS) is 14.4. The summed E-state index contributed by atoms with van der Waals surface area (Å²) in [6, 6.07) is 3.66. The molecule has 0 amide bonds. The van der Waals surface area contributed by atoms with E-state index in [1.165, 1.54) is 0 Å². The van der Waals surface area contributed by atoms with E-state index in [4.69, 9.17) is 0 Å². The van der Waals surface area contributed by atoms with Crippen LogP contribution in [0.5, 0.6) is 0 Å². The molecule has 0 fully saturated rings. The molecule has 0 aliphatic rings. The zero-order valence-electron chi connectivity index (χ0n) is 15.1. The van der Waals surface area contributed by atoms with Crippen molar-refractivity contribution in [2.24, 2.45) is 5.41 Å². The zero-order valence-corrected chi connectivity index (χ0v) is 15.9. The van der Waals surface area contributed by atoms with Crippen LogP contribution in [-0.2, 0) is 10.0 Å². The van der Waals surface area contributed by atoms with Crippen molar-refractivity contribution in [1.29, 1.82) is 0 Å². The highest BCUT2D eigenvalue weighted by atomic mass is 32.2. The van der Waals surface area contributed by atoms with E-state index < -0.39 is 10.0 Å². The maximum atomic E-state index is 12.8.